The normalized spacial score (nSPS) is 24.6. The lowest BCUT2D eigenvalue weighted by Gasteiger charge is -2.45. The molecule has 0 fully saturated rings. The molecule has 3 atom stereocenters. The average molecular weight is 206 g/mol. The molecule has 0 radical (unpaired) electrons. The molecule has 0 amide bonds. The zero-order valence-electron chi connectivity index (χ0n) is 8.90. The highest BCUT2D eigenvalue weighted by molar-refractivity contribution is 5.85. The van der Waals surface area contributed by atoms with Crippen LogP contribution in [0.2, 0.25) is 0 Å². The third kappa shape index (κ3) is 1.81. The first kappa shape index (κ1) is 13.5. The molecule has 5 nitrogen and oxygen atoms in total. The minimum Gasteiger partial charge on any atom is -0.393 e. The highest BCUT2D eigenvalue weighted by Gasteiger charge is 2.56. The highest BCUT2D eigenvalue weighted by Crippen LogP contribution is 2.33. The summed E-state index contributed by atoms with van der Waals surface area (Å²) in [4.78, 5) is 11.1. The van der Waals surface area contributed by atoms with Crippen LogP contribution < -0.4 is 0 Å². The second-order valence-electron chi connectivity index (χ2n) is 4.13. The molecule has 0 aliphatic rings. The Morgan fingerprint density at radius 1 is 1.14 bits per heavy atom. The summed E-state index contributed by atoms with van der Waals surface area (Å²) in [7, 11) is 0. The lowest BCUT2D eigenvalue weighted by molar-refractivity contribution is -0.230. The number of ketones is 1. The van der Waals surface area contributed by atoms with Crippen molar-refractivity contribution in [3.05, 3.63) is 0 Å². The predicted octanol–water partition coefficient (Wildman–Crippen LogP) is -1.18. The van der Waals surface area contributed by atoms with Gasteiger partial charge in [-0.3, -0.25) is 4.79 Å². The van der Waals surface area contributed by atoms with E-state index in [1.807, 2.05) is 0 Å². The largest absolute Gasteiger partial charge is 0.393 e. The third-order valence-corrected chi connectivity index (χ3v) is 2.99. The van der Waals surface area contributed by atoms with Gasteiger partial charge in [0.2, 0.25) is 0 Å². The van der Waals surface area contributed by atoms with E-state index in [4.69, 9.17) is 5.11 Å². The van der Waals surface area contributed by atoms with Gasteiger partial charge in [0.15, 0.2) is 11.4 Å². The second kappa shape index (κ2) is 3.58. The van der Waals surface area contributed by atoms with Gasteiger partial charge in [-0.05, 0) is 27.7 Å². The first-order valence-electron chi connectivity index (χ1n) is 4.29. The SMILES string of the molecule is CC(=O)[C@](C)(O)[C@](C)(O)[C@](C)(O)CO. The van der Waals surface area contributed by atoms with Crippen LogP contribution in [0, 0.1) is 0 Å². The van der Waals surface area contributed by atoms with E-state index < -0.39 is 29.2 Å². The van der Waals surface area contributed by atoms with Gasteiger partial charge < -0.3 is 20.4 Å². The molecule has 0 aliphatic heterocycles. The molecule has 0 saturated heterocycles. The number of hydrogen-bond donors (Lipinski definition) is 4. The molecule has 0 bridgehead atoms. The van der Waals surface area contributed by atoms with Crippen LogP contribution in [0.1, 0.15) is 27.7 Å². The number of aliphatic hydroxyl groups excluding tert-OH is 1. The number of rotatable bonds is 4. The van der Waals surface area contributed by atoms with E-state index in [-0.39, 0.29) is 0 Å². The molecule has 0 aliphatic carbocycles. The van der Waals surface area contributed by atoms with Crippen molar-refractivity contribution in [1.29, 1.82) is 0 Å². The first-order valence-corrected chi connectivity index (χ1v) is 4.29. The van der Waals surface area contributed by atoms with Crippen LogP contribution in [0.3, 0.4) is 0 Å². The zero-order chi connectivity index (χ0) is 11.8. The number of hydrogen-bond acceptors (Lipinski definition) is 5. The van der Waals surface area contributed by atoms with Crippen LogP contribution in [0.25, 0.3) is 0 Å². The predicted molar refractivity (Wildman–Crippen MR) is 49.6 cm³/mol. The molecule has 0 aromatic rings. The Labute approximate surface area is 83.0 Å². The molecule has 0 heterocycles. The number of carbonyl (C=O) groups excluding carboxylic acids is 1. The fourth-order valence-electron chi connectivity index (χ4n) is 1.02. The molecule has 0 rings (SSSR count). The molecular formula is C9H18O5. The standard InChI is InChI=1S/C9H18O5/c1-6(11)8(3,13)9(4,14)7(2,12)5-10/h10,12-14H,5H2,1-4H3/t7-,8+,9-/m1/s1. The summed E-state index contributed by atoms with van der Waals surface area (Å²) in [5.74, 6) is -0.684. The molecule has 4 N–H and O–H groups in total. The number of Topliss-reactive ketones (excluding diaryl/α,β-unsaturated/α-hetero) is 1. The minimum atomic E-state index is -2.12. The smallest absolute Gasteiger partial charge is 0.164 e. The van der Waals surface area contributed by atoms with Crippen molar-refractivity contribution in [3.8, 4) is 0 Å². The fraction of sp³-hybridized carbons (Fsp3) is 0.889. The quantitative estimate of drug-likeness (QED) is 0.464. The van der Waals surface area contributed by atoms with Gasteiger partial charge in [-0.15, -0.1) is 0 Å². The Morgan fingerprint density at radius 2 is 1.50 bits per heavy atom. The second-order valence-corrected chi connectivity index (χ2v) is 4.13. The monoisotopic (exact) mass is 206 g/mol. The maximum absolute atomic E-state index is 11.1. The fourth-order valence-corrected chi connectivity index (χ4v) is 1.02. The van der Waals surface area contributed by atoms with Gasteiger partial charge in [0, 0.05) is 0 Å². The summed E-state index contributed by atoms with van der Waals surface area (Å²) in [6.07, 6.45) is 0. The molecular weight excluding hydrogens is 188 g/mol. The van der Waals surface area contributed by atoms with Crippen molar-refractivity contribution in [2.75, 3.05) is 6.61 Å². The Bertz CT molecular complexity index is 229. The lowest BCUT2D eigenvalue weighted by Crippen LogP contribution is -2.67. The van der Waals surface area contributed by atoms with E-state index >= 15 is 0 Å². The molecule has 0 aromatic heterocycles. The maximum atomic E-state index is 11.1. The Balaban J connectivity index is 5.24. The molecule has 14 heavy (non-hydrogen) atoms. The molecule has 84 valence electrons. The van der Waals surface area contributed by atoms with Gasteiger partial charge in [0.1, 0.15) is 11.2 Å². The summed E-state index contributed by atoms with van der Waals surface area (Å²) in [5.41, 5.74) is -6.19. The van der Waals surface area contributed by atoms with Crippen molar-refractivity contribution >= 4 is 5.78 Å². The van der Waals surface area contributed by atoms with Crippen LogP contribution in [0.5, 0.6) is 0 Å². The van der Waals surface area contributed by atoms with Crippen LogP contribution in [-0.2, 0) is 4.79 Å². The van der Waals surface area contributed by atoms with Crippen molar-refractivity contribution in [2.45, 2.75) is 44.5 Å². The van der Waals surface area contributed by atoms with Gasteiger partial charge in [-0.1, -0.05) is 0 Å². The van der Waals surface area contributed by atoms with E-state index in [0.717, 1.165) is 27.7 Å². The Kier molecular flexibility index (Phi) is 3.46. The van der Waals surface area contributed by atoms with Crippen LogP contribution in [0.4, 0.5) is 0 Å². The van der Waals surface area contributed by atoms with Crippen LogP contribution >= 0.6 is 0 Å². The molecule has 5 heteroatoms. The molecule has 0 aromatic carbocycles. The third-order valence-electron chi connectivity index (χ3n) is 2.99. The Hall–Kier alpha value is -0.490. The van der Waals surface area contributed by atoms with Gasteiger partial charge in [0.05, 0.1) is 6.61 Å². The van der Waals surface area contributed by atoms with E-state index in [0.29, 0.717) is 0 Å². The van der Waals surface area contributed by atoms with Gasteiger partial charge >= 0.3 is 0 Å². The Morgan fingerprint density at radius 3 is 1.71 bits per heavy atom. The van der Waals surface area contributed by atoms with Crippen molar-refractivity contribution in [1.82, 2.24) is 0 Å². The van der Waals surface area contributed by atoms with Gasteiger partial charge in [0.25, 0.3) is 0 Å². The lowest BCUT2D eigenvalue weighted by atomic mass is 9.72. The molecule has 0 spiro atoms. The maximum Gasteiger partial charge on any atom is 0.164 e. The molecule has 0 saturated carbocycles. The van der Waals surface area contributed by atoms with Gasteiger partial charge in [-0.2, -0.15) is 0 Å². The van der Waals surface area contributed by atoms with Crippen LogP contribution in [-0.4, -0.2) is 49.6 Å². The topological polar surface area (TPSA) is 98.0 Å². The van der Waals surface area contributed by atoms with E-state index in [9.17, 15) is 20.1 Å². The summed E-state index contributed by atoms with van der Waals surface area (Å²) >= 11 is 0. The summed E-state index contributed by atoms with van der Waals surface area (Å²) in [6, 6.07) is 0. The summed E-state index contributed by atoms with van der Waals surface area (Å²) < 4.78 is 0. The minimum absolute atomic E-state index is 0.684. The van der Waals surface area contributed by atoms with E-state index in [2.05, 4.69) is 0 Å². The van der Waals surface area contributed by atoms with E-state index in [1.165, 1.54) is 0 Å². The van der Waals surface area contributed by atoms with Gasteiger partial charge in [-0.25, -0.2) is 0 Å². The number of aliphatic hydroxyl groups is 4. The van der Waals surface area contributed by atoms with Crippen molar-refractivity contribution in [3.63, 3.8) is 0 Å². The van der Waals surface area contributed by atoms with Crippen molar-refractivity contribution < 1.29 is 25.2 Å². The van der Waals surface area contributed by atoms with Crippen LogP contribution in [0.15, 0.2) is 0 Å². The average Bonchev–Trinajstić information content (AvgIpc) is 2.03. The summed E-state index contributed by atoms with van der Waals surface area (Å²) in [6.45, 7) is 3.68. The molecule has 0 unspecified atom stereocenters. The number of carbonyl (C=O) groups is 1. The summed E-state index contributed by atoms with van der Waals surface area (Å²) in [5, 5.41) is 38.0. The van der Waals surface area contributed by atoms with Crippen molar-refractivity contribution in [2.24, 2.45) is 0 Å². The van der Waals surface area contributed by atoms with E-state index in [1.54, 1.807) is 0 Å². The first-order chi connectivity index (χ1) is 6.00. The zero-order valence-corrected chi connectivity index (χ0v) is 8.90. The highest BCUT2D eigenvalue weighted by atomic mass is 16.4.